The summed E-state index contributed by atoms with van der Waals surface area (Å²) in [4.78, 5) is 13.0. The molecule has 1 aromatic carbocycles. The molecule has 0 radical (unpaired) electrons. The minimum atomic E-state index is 0.0124. The van der Waals surface area contributed by atoms with Gasteiger partial charge in [0.2, 0.25) is 0 Å². The Balaban J connectivity index is 1.66. The Morgan fingerprint density at radius 2 is 1.87 bits per heavy atom. The molecule has 1 saturated heterocycles. The van der Waals surface area contributed by atoms with Crippen LogP contribution >= 0.6 is 0 Å². The molecule has 1 aliphatic rings. The third-order valence-corrected chi connectivity index (χ3v) is 4.22. The number of carbonyl (C=O) groups excluding carboxylic acids is 1. The Hall–Kier alpha value is -1.59. The first-order valence-corrected chi connectivity index (χ1v) is 8.44. The van der Waals surface area contributed by atoms with Crippen LogP contribution in [0.2, 0.25) is 0 Å². The number of ether oxygens (including phenoxy) is 3. The van der Waals surface area contributed by atoms with Crippen LogP contribution in [0.3, 0.4) is 0 Å². The van der Waals surface area contributed by atoms with Crippen LogP contribution in [0.25, 0.3) is 0 Å². The molecular weight excluding hydrogens is 294 g/mol. The van der Waals surface area contributed by atoms with Crippen LogP contribution in [-0.2, 0) is 4.74 Å². The molecule has 0 spiro atoms. The quantitative estimate of drug-likeness (QED) is 0.551. The molecule has 0 atom stereocenters. The maximum absolute atomic E-state index is 11.4. The molecular formula is C18H28NO4+. The maximum atomic E-state index is 11.4. The third-order valence-electron chi connectivity index (χ3n) is 4.22. The van der Waals surface area contributed by atoms with E-state index in [-0.39, 0.29) is 5.78 Å². The predicted octanol–water partition coefficient (Wildman–Crippen LogP) is 1.36. The summed E-state index contributed by atoms with van der Waals surface area (Å²) in [6.45, 7) is 6.98. The second kappa shape index (κ2) is 9.53. The SMILES string of the molecule is COc1cc(C(C)=O)ccc1OCCOCC[NH+]1CCCCC1. The fourth-order valence-electron chi connectivity index (χ4n) is 2.84. The summed E-state index contributed by atoms with van der Waals surface area (Å²) in [5.74, 6) is 1.23. The first-order valence-electron chi connectivity index (χ1n) is 8.44. The summed E-state index contributed by atoms with van der Waals surface area (Å²) < 4.78 is 16.6. The van der Waals surface area contributed by atoms with E-state index in [9.17, 15) is 4.79 Å². The number of quaternary nitrogens is 1. The Morgan fingerprint density at radius 3 is 2.57 bits per heavy atom. The van der Waals surface area contributed by atoms with E-state index in [0.29, 0.717) is 30.3 Å². The zero-order valence-electron chi connectivity index (χ0n) is 14.2. The number of hydrogen-bond donors (Lipinski definition) is 1. The Labute approximate surface area is 138 Å². The molecule has 0 unspecified atom stereocenters. The molecule has 5 heteroatoms. The maximum Gasteiger partial charge on any atom is 0.161 e. The number of piperidine rings is 1. The van der Waals surface area contributed by atoms with Crippen LogP contribution in [0.5, 0.6) is 11.5 Å². The van der Waals surface area contributed by atoms with E-state index in [1.165, 1.54) is 39.3 Å². The summed E-state index contributed by atoms with van der Waals surface area (Å²) in [5, 5.41) is 0. The van der Waals surface area contributed by atoms with Gasteiger partial charge in [0.15, 0.2) is 17.3 Å². The number of likely N-dealkylation sites (tertiary alicyclic amines) is 1. The molecule has 0 amide bonds. The lowest BCUT2D eigenvalue weighted by atomic mass is 10.1. The van der Waals surface area contributed by atoms with Crippen molar-refractivity contribution in [2.75, 3.05) is 46.6 Å². The van der Waals surface area contributed by atoms with E-state index in [4.69, 9.17) is 14.2 Å². The molecule has 1 aliphatic heterocycles. The first kappa shape index (κ1) is 17.8. The summed E-state index contributed by atoms with van der Waals surface area (Å²) in [7, 11) is 1.57. The van der Waals surface area contributed by atoms with Gasteiger partial charge in [0.1, 0.15) is 13.2 Å². The number of nitrogens with one attached hydrogen (secondary N) is 1. The zero-order chi connectivity index (χ0) is 16.5. The number of hydrogen-bond acceptors (Lipinski definition) is 4. The Morgan fingerprint density at radius 1 is 1.09 bits per heavy atom. The van der Waals surface area contributed by atoms with Crippen LogP contribution < -0.4 is 14.4 Å². The molecule has 0 aliphatic carbocycles. The predicted molar refractivity (Wildman–Crippen MR) is 88.7 cm³/mol. The smallest absolute Gasteiger partial charge is 0.161 e. The van der Waals surface area contributed by atoms with Gasteiger partial charge in [0.25, 0.3) is 0 Å². The summed E-state index contributed by atoms with van der Waals surface area (Å²) in [5.41, 5.74) is 0.620. The van der Waals surface area contributed by atoms with E-state index in [0.717, 1.165) is 13.2 Å². The van der Waals surface area contributed by atoms with Crippen molar-refractivity contribution >= 4 is 5.78 Å². The van der Waals surface area contributed by atoms with Gasteiger partial charge in [-0.25, -0.2) is 0 Å². The number of Topliss-reactive ketones (excluding diaryl/α,β-unsaturated/α-hetero) is 1. The molecule has 23 heavy (non-hydrogen) atoms. The molecule has 1 fully saturated rings. The van der Waals surface area contributed by atoms with Gasteiger partial charge in [-0.15, -0.1) is 0 Å². The van der Waals surface area contributed by atoms with Crippen LogP contribution in [0.1, 0.15) is 36.5 Å². The number of benzene rings is 1. The summed E-state index contributed by atoms with van der Waals surface area (Å²) in [6, 6.07) is 5.23. The zero-order valence-corrected chi connectivity index (χ0v) is 14.2. The second-order valence-corrected chi connectivity index (χ2v) is 5.94. The molecule has 2 rings (SSSR count). The van der Waals surface area contributed by atoms with Crippen molar-refractivity contribution in [3.05, 3.63) is 23.8 Å². The lowest BCUT2D eigenvalue weighted by Gasteiger charge is -2.23. The van der Waals surface area contributed by atoms with Crippen molar-refractivity contribution in [1.82, 2.24) is 0 Å². The highest BCUT2D eigenvalue weighted by atomic mass is 16.5. The molecule has 1 N–H and O–H groups in total. The van der Waals surface area contributed by atoms with Crippen molar-refractivity contribution in [2.24, 2.45) is 0 Å². The van der Waals surface area contributed by atoms with Gasteiger partial charge in [-0.3, -0.25) is 4.79 Å². The fraction of sp³-hybridized carbons (Fsp3) is 0.611. The lowest BCUT2D eigenvalue weighted by Crippen LogP contribution is -3.13. The van der Waals surface area contributed by atoms with Crippen LogP contribution in [0.4, 0.5) is 0 Å². The highest BCUT2D eigenvalue weighted by Crippen LogP contribution is 2.28. The van der Waals surface area contributed by atoms with Crippen LogP contribution in [0.15, 0.2) is 18.2 Å². The van der Waals surface area contributed by atoms with Gasteiger partial charge in [-0.1, -0.05) is 0 Å². The van der Waals surface area contributed by atoms with Gasteiger partial charge in [0, 0.05) is 5.56 Å². The number of rotatable bonds is 9. The minimum absolute atomic E-state index is 0.0124. The molecule has 0 bridgehead atoms. The molecule has 1 aromatic rings. The van der Waals surface area contributed by atoms with Gasteiger partial charge >= 0.3 is 0 Å². The van der Waals surface area contributed by atoms with Gasteiger partial charge in [-0.05, 0) is 44.4 Å². The minimum Gasteiger partial charge on any atom is -0.493 e. The van der Waals surface area contributed by atoms with Crippen molar-refractivity contribution < 1.29 is 23.9 Å². The normalized spacial score (nSPS) is 15.4. The molecule has 5 nitrogen and oxygen atoms in total. The first-order chi connectivity index (χ1) is 11.2. The fourth-order valence-corrected chi connectivity index (χ4v) is 2.84. The second-order valence-electron chi connectivity index (χ2n) is 5.94. The van der Waals surface area contributed by atoms with Crippen molar-refractivity contribution in [3.8, 4) is 11.5 Å². The summed E-state index contributed by atoms with van der Waals surface area (Å²) in [6.07, 6.45) is 4.06. The monoisotopic (exact) mass is 322 g/mol. The molecule has 0 aromatic heterocycles. The lowest BCUT2D eigenvalue weighted by molar-refractivity contribution is -0.905. The Kier molecular flexibility index (Phi) is 7.36. The number of carbonyl (C=O) groups is 1. The average molecular weight is 322 g/mol. The van der Waals surface area contributed by atoms with Gasteiger partial charge < -0.3 is 19.1 Å². The molecule has 0 saturated carbocycles. The molecule has 128 valence electrons. The van der Waals surface area contributed by atoms with Crippen LogP contribution in [-0.4, -0.2) is 52.3 Å². The number of ketones is 1. The standard InChI is InChI=1S/C18H27NO4/c1-15(20)16-6-7-17(18(14-16)21-2)23-13-12-22-11-10-19-8-4-3-5-9-19/h6-7,14H,3-5,8-13H2,1-2H3/p+1. The highest BCUT2D eigenvalue weighted by molar-refractivity contribution is 5.94. The van der Waals surface area contributed by atoms with E-state index in [1.807, 2.05) is 0 Å². The highest BCUT2D eigenvalue weighted by Gasteiger charge is 2.12. The van der Waals surface area contributed by atoms with E-state index < -0.39 is 0 Å². The summed E-state index contributed by atoms with van der Waals surface area (Å²) >= 11 is 0. The van der Waals surface area contributed by atoms with E-state index in [1.54, 1.807) is 30.2 Å². The number of methoxy groups -OCH3 is 1. The third kappa shape index (κ3) is 5.84. The van der Waals surface area contributed by atoms with Crippen molar-refractivity contribution in [3.63, 3.8) is 0 Å². The van der Waals surface area contributed by atoms with Crippen LogP contribution in [0, 0.1) is 0 Å². The Bertz CT molecular complexity index is 498. The van der Waals surface area contributed by atoms with Crippen molar-refractivity contribution in [2.45, 2.75) is 26.2 Å². The van der Waals surface area contributed by atoms with Gasteiger partial charge in [-0.2, -0.15) is 0 Å². The topological polar surface area (TPSA) is 49.2 Å². The van der Waals surface area contributed by atoms with Crippen molar-refractivity contribution in [1.29, 1.82) is 0 Å². The van der Waals surface area contributed by atoms with Gasteiger partial charge in [0.05, 0.1) is 33.4 Å². The molecule has 1 heterocycles. The largest absolute Gasteiger partial charge is 0.493 e. The van der Waals surface area contributed by atoms with E-state index in [2.05, 4.69) is 0 Å². The van der Waals surface area contributed by atoms with E-state index >= 15 is 0 Å². The average Bonchev–Trinajstić information content (AvgIpc) is 2.58.